The molecule has 38 heavy (non-hydrogen) atoms. The van der Waals surface area contributed by atoms with Crippen LogP contribution in [0.3, 0.4) is 0 Å². The molecule has 3 aromatic heterocycles. The molecule has 11 nitrogen and oxygen atoms in total. The standard InChI is InChI=1S/C27H29N7O4/c1-31-14-17-9-19(24(31)37)20-12-28-32(2)25(20)38-8-7-33-13-16-5-6-27(11-16,15-33)34-22-10-18(35)3-4-21(22)29-26(34)30-23(17)36/h3-4,9-10,12,14,16,35H,5-8,11,13,15H2,1-2H3,(H,29,30,36). The SMILES string of the molecule is Cn1ncc2c1OCCN1CC3CCC(C3)(C1)n1c(nc3ccc(O)cc31)NC(=O)c1cc-2c(=O)n(C)c1. The highest BCUT2D eigenvalue weighted by Crippen LogP contribution is 2.48. The number of aryl methyl sites for hydroxylation is 2. The largest absolute Gasteiger partial charge is 0.508 e. The van der Waals surface area contributed by atoms with Gasteiger partial charge in [-0.2, -0.15) is 5.10 Å². The number of carbonyl (C=O) groups excluding carboxylic acids is 1. The second kappa shape index (κ2) is 8.19. The molecule has 2 N–H and O–H groups in total. The normalized spacial score (nSPS) is 24.6. The van der Waals surface area contributed by atoms with Gasteiger partial charge in [0.15, 0.2) is 0 Å². The van der Waals surface area contributed by atoms with Crippen molar-refractivity contribution >= 4 is 22.9 Å². The summed E-state index contributed by atoms with van der Waals surface area (Å²) in [5.74, 6) is 1.24. The number of imidazole rings is 1. The highest BCUT2D eigenvalue weighted by Gasteiger charge is 2.48. The van der Waals surface area contributed by atoms with Crippen molar-refractivity contribution in [2.45, 2.75) is 24.8 Å². The van der Waals surface area contributed by atoms with Gasteiger partial charge in [-0.25, -0.2) is 9.67 Å². The van der Waals surface area contributed by atoms with Gasteiger partial charge in [0.1, 0.15) is 12.4 Å². The molecule has 1 aromatic carbocycles. The third-order valence-electron chi connectivity index (χ3n) is 8.32. The first kappa shape index (κ1) is 23.0. The number of amides is 1. The number of ether oxygens (including phenoxy) is 1. The monoisotopic (exact) mass is 515 g/mol. The van der Waals surface area contributed by atoms with Gasteiger partial charge >= 0.3 is 0 Å². The number of nitrogens with zero attached hydrogens (tertiary/aromatic N) is 6. The maximum Gasteiger partial charge on any atom is 0.259 e. The molecule has 3 atom stereocenters. The number of aromatic hydroxyl groups is 1. The number of benzene rings is 1. The first-order chi connectivity index (χ1) is 18.3. The molecule has 11 heteroatoms. The molecule has 1 spiro atoms. The number of fused-ring (bicyclic) bond motifs is 9. The van der Waals surface area contributed by atoms with E-state index in [0.29, 0.717) is 53.1 Å². The van der Waals surface area contributed by atoms with Crippen molar-refractivity contribution in [2.24, 2.45) is 20.0 Å². The number of piperidine rings is 1. The molecule has 5 bridgehead atoms. The van der Waals surface area contributed by atoms with Gasteiger partial charge in [-0.3, -0.25) is 19.8 Å². The van der Waals surface area contributed by atoms with Crippen molar-refractivity contribution in [2.75, 3.05) is 31.6 Å². The molecule has 3 unspecified atom stereocenters. The zero-order chi connectivity index (χ0) is 26.2. The Balaban J connectivity index is 1.44. The number of rotatable bonds is 0. The molecule has 1 aliphatic carbocycles. The minimum Gasteiger partial charge on any atom is -0.508 e. The van der Waals surface area contributed by atoms with E-state index in [1.165, 1.54) is 10.8 Å². The Kier molecular flexibility index (Phi) is 4.96. The van der Waals surface area contributed by atoms with Crippen LogP contribution in [-0.4, -0.2) is 66.1 Å². The Morgan fingerprint density at radius 3 is 2.92 bits per heavy atom. The number of carbonyl (C=O) groups is 1. The first-order valence-electron chi connectivity index (χ1n) is 12.9. The number of hydrogen-bond donors (Lipinski definition) is 2. The topological polar surface area (TPSA) is 119 Å². The number of phenols is 1. The molecule has 1 amide bonds. The summed E-state index contributed by atoms with van der Waals surface area (Å²) in [6.45, 7) is 2.90. The lowest BCUT2D eigenvalue weighted by Crippen LogP contribution is -2.50. The predicted molar refractivity (Wildman–Crippen MR) is 140 cm³/mol. The maximum atomic E-state index is 13.7. The van der Waals surface area contributed by atoms with E-state index in [0.717, 1.165) is 37.9 Å². The van der Waals surface area contributed by atoms with Crippen LogP contribution in [0.5, 0.6) is 11.6 Å². The molecule has 2 fully saturated rings. The van der Waals surface area contributed by atoms with E-state index in [1.54, 1.807) is 49.2 Å². The van der Waals surface area contributed by atoms with Gasteiger partial charge in [0, 0.05) is 46.0 Å². The summed E-state index contributed by atoms with van der Waals surface area (Å²) < 4.78 is 11.4. The Hall–Kier alpha value is -4.12. The van der Waals surface area contributed by atoms with Crippen molar-refractivity contribution in [3.8, 4) is 22.8 Å². The lowest BCUT2D eigenvalue weighted by Gasteiger charge is -2.42. The van der Waals surface area contributed by atoms with E-state index in [9.17, 15) is 14.7 Å². The van der Waals surface area contributed by atoms with E-state index in [4.69, 9.17) is 9.72 Å². The lowest BCUT2D eigenvalue weighted by molar-refractivity contribution is 0.0902. The average molecular weight is 516 g/mol. The maximum absolute atomic E-state index is 13.7. The third-order valence-corrected chi connectivity index (χ3v) is 8.32. The second-order valence-corrected chi connectivity index (χ2v) is 10.9. The van der Waals surface area contributed by atoms with Gasteiger partial charge < -0.3 is 19.0 Å². The number of phenolic OH excluding ortho intramolecular Hbond substituents is 1. The van der Waals surface area contributed by atoms with E-state index in [2.05, 4.69) is 19.9 Å². The van der Waals surface area contributed by atoms with Crippen LogP contribution in [0, 0.1) is 5.92 Å². The smallest absolute Gasteiger partial charge is 0.259 e. The summed E-state index contributed by atoms with van der Waals surface area (Å²) in [6, 6.07) is 6.71. The molecule has 7 rings (SSSR count). The summed E-state index contributed by atoms with van der Waals surface area (Å²) in [7, 11) is 3.41. The molecule has 1 saturated carbocycles. The minimum atomic E-state index is -0.373. The predicted octanol–water partition coefficient (Wildman–Crippen LogP) is 2.30. The van der Waals surface area contributed by atoms with E-state index in [1.807, 2.05) is 0 Å². The molecule has 196 valence electrons. The molecular weight excluding hydrogens is 486 g/mol. The van der Waals surface area contributed by atoms with Gasteiger partial charge in [0.2, 0.25) is 11.8 Å². The van der Waals surface area contributed by atoms with Gasteiger partial charge in [-0.15, -0.1) is 0 Å². The first-order valence-corrected chi connectivity index (χ1v) is 12.9. The zero-order valence-corrected chi connectivity index (χ0v) is 21.3. The van der Waals surface area contributed by atoms with Crippen molar-refractivity contribution in [1.29, 1.82) is 0 Å². The zero-order valence-electron chi connectivity index (χ0n) is 21.3. The fourth-order valence-electron chi connectivity index (χ4n) is 6.69. The number of anilines is 1. The van der Waals surface area contributed by atoms with Gasteiger partial charge in [0.05, 0.1) is 39.5 Å². The summed E-state index contributed by atoms with van der Waals surface area (Å²) in [5, 5.41) is 17.7. The highest BCUT2D eigenvalue weighted by molar-refractivity contribution is 6.04. The van der Waals surface area contributed by atoms with Crippen molar-refractivity contribution in [1.82, 2.24) is 28.8 Å². The number of aromatic nitrogens is 5. The summed E-state index contributed by atoms with van der Waals surface area (Å²) in [4.78, 5) is 34.0. The van der Waals surface area contributed by atoms with Crippen LogP contribution in [0.15, 0.2) is 41.5 Å². The van der Waals surface area contributed by atoms with E-state index >= 15 is 0 Å². The van der Waals surface area contributed by atoms with Gasteiger partial charge in [-0.05, 0) is 43.4 Å². The molecule has 0 radical (unpaired) electrons. The van der Waals surface area contributed by atoms with Crippen LogP contribution in [-0.2, 0) is 19.6 Å². The minimum absolute atomic E-state index is 0.156. The summed E-state index contributed by atoms with van der Waals surface area (Å²) >= 11 is 0. The molecule has 4 aromatic rings. The quantitative estimate of drug-likeness (QED) is 0.369. The van der Waals surface area contributed by atoms with Crippen LogP contribution in [0.2, 0.25) is 0 Å². The Labute approximate surface area is 218 Å². The number of hydrogen-bond acceptors (Lipinski definition) is 7. The fourth-order valence-corrected chi connectivity index (χ4v) is 6.69. The second-order valence-electron chi connectivity index (χ2n) is 10.9. The van der Waals surface area contributed by atoms with Crippen LogP contribution in [0.4, 0.5) is 5.95 Å². The molecule has 1 saturated heterocycles. The van der Waals surface area contributed by atoms with E-state index in [-0.39, 0.29) is 22.8 Å². The molecule has 5 heterocycles. The van der Waals surface area contributed by atoms with Crippen LogP contribution in [0.25, 0.3) is 22.2 Å². The highest BCUT2D eigenvalue weighted by atomic mass is 16.5. The third kappa shape index (κ3) is 3.45. The van der Waals surface area contributed by atoms with Crippen LogP contribution in [0.1, 0.15) is 29.6 Å². The Morgan fingerprint density at radius 1 is 1.18 bits per heavy atom. The van der Waals surface area contributed by atoms with Gasteiger partial charge in [0.25, 0.3) is 11.5 Å². The molecule has 2 aliphatic heterocycles. The van der Waals surface area contributed by atoms with Crippen molar-refractivity contribution in [3.05, 3.63) is 52.6 Å². The van der Waals surface area contributed by atoms with Crippen molar-refractivity contribution in [3.63, 3.8) is 0 Å². The fraction of sp³-hybridized carbons (Fsp3) is 0.407. The Bertz CT molecular complexity index is 1670. The number of nitrogens with one attached hydrogen (secondary N) is 1. The van der Waals surface area contributed by atoms with Crippen LogP contribution < -0.4 is 15.6 Å². The molecular formula is C27H29N7O4. The summed E-state index contributed by atoms with van der Waals surface area (Å²) in [6.07, 6.45) is 6.15. The summed E-state index contributed by atoms with van der Waals surface area (Å²) in [5.41, 5.74) is 2.19. The number of pyridine rings is 1. The van der Waals surface area contributed by atoms with Crippen molar-refractivity contribution < 1.29 is 14.6 Å². The lowest BCUT2D eigenvalue weighted by atomic mass is 9.90. The Morgan fingerprint density at radius 2 is 2.05 bits per heavy atom. The van der Waals surface area contributed by atoms with E-state index < -0.39 is 0 Å². The average Bonchev–Trinajstić information content (AvgIpc) is 3.53. The molecule has 3 aliphatic rings. The van der Waals surface area contributed by atoms with Gasteiger partial charge in [-0.1, -0.05) is 0 Å². The van der Waals surface area contributed by atoms with Crippen LogP contribution >= 0.6 is 0 Å².